The van der Waals surface area contributed by atoms with Crippen LogP contribution in [0.15, 0.2) is 29.5 Å². The molecule has 0 bridgehead atoms. The van der Waals surface area contributed by atoms with Gasteiger partial charge in [0.15, 0.2) is 6.29 Å². The fraction of sp³-hybridized carbons (Fsp3) is 0. The molecule has 1 aromatic heterocycles. The SMILES string of the molecule is O=C/C=N\Nc1ccccn1. The van der Waals surface area contributed by atoms with Crippen LogP contribution in [0.4, 0.5) is 5.82 Å². The predicted molar refractivity (Wildman–Crippen MR) is 42.4 cm³/mol. The fourth-order valence-electron chi connectivity index (χ4n) is 0.563. The lowest BCUT2D eigenvalue weighted by molar-refractivity contribution is -0.102. The number of pyridine rings is 1. The van der Waals surface area contributed by atoms with Crippen molar-refractivity contribution < 1.29 is 4.79 Å². The van der Waals surface area contributed by atoms with Crippen molar-refractivity contribution in [3.63, 3.8) is 0 Å². The van der Waals surface area contributed by atoms with Crippen LogP contribution in [0.5, 0.6) is 0 Å². The molecule has 0 unspecified atom stereocenters. The molecule has 0 aliphatic rings. The average Bonchev–Trinajstić information content (AvgIpc) is 2.07. The molecule has 11 heavy (non-hydrogen) atoms. The molecule has 4 heteroatoms. The molecule has 0 fully saturated rings. The van der Waals surface area contributed by atoms with Crippen LogP contribution in [0.3, 0.4) is 0 Å². The Morgan fingerprint density at radius 2 is 2.45 bits per heavy atom. The molecule has 0 aromatic carbocycles. The number of hydrazone groups is 1. The normalized spacial score (nSPS) is 9.82. The maximum Gasteiger partial charge on any atom is 0.162 e. The van der Waals surface area contributed by atoms with Crippen molar-refractivity contribution in [3.8, 4) is 0 Å². The molecule has 0 atom stereocenters. The van der Waals surface area contributed by atoms with Crippen molar-refractivity contribution in [2.75, 3.05) is 5.43 Å². The van der Waals surface area contributed by atoms with E-state index in [0.29, 0.717) is 12.1 Å². The summed E-state index contributed by atoms with van der Waals surface area (Å²) in [4.78, 5) is 13.7. The summed E-state index contributed by atoms with van der Waals surface area (Å²) in [7, 11) is 0. The molecule has 4 nitrogen and oxygen atoms in total. The first kappa shape index (κ1) is 7.40. The molecule has 1 N–H and O–H groups in total. The van der Waals surface area contributed by atoms with Crippen LogP contribution in [0.25, 0.3) is 0 Å². The summed E-state index contributed by atoms with van der Waals surface area (Å²) in [5.41, 5.74) is 2.57. The van der Waals surface area contributed by atoms with Crippen molar-refractivity contribution in [1.29, 1.82) is 0 Å². The maximum absolute atomic E-state index is 9.79. The molecule has 0 amide bonds. The maximum atomic E-state index is 9.79. The standard InChI is InChI=1S/C7H7N3O/c11-6-5-9-10-7-3-1-2-4-8-7/h1-6H,(H,8,10)/b9-5-. The Labute approximate surface area is 64.0 Å². The van der Waals surface area contributed by atoms with E-state index in [9.17, 15) is 4.79 Å². The van der Waals surface area contributed by atoms with Crippen LogP contribution in [-0.2, 0) is 4.79 Å². The van der Waals surface area contributed by atoms with Crippen LogP contribution in [0.1, 0.15) is 0 Å². The van der Waals surface area contributed by atoms with E-state index in [1.165, 1.54) is 0 Å². The smallest absolute Gasteiger partial charge is 0.162 e. The van der Waals surface area contributed by atoms with Crippen molar-refractivity contribution in [2.24, 2.45) is 5.10 Å². The monoisotopic (exact) mass is 149 g/mol. The van der Waals surface area contributed by atoms with Crippen molar-refractivity contribution in [3.05, 3.63) is 24.4 Å². The van der Waals surface area contributed by atoms with Gasteiger partial charge in [0, 0.05) is 6.20 Å². The predicted octanol–water partition coefficient (Wildman–Crippen LogP) is 0.678. The van der Waals surface area contributed by atoms with E-state index in [4.69, 9.17) is 0 Å². The van der Waals surface area contributed by atoms with E-state index in [2.05, 4.69) is 15.5 Å². The summed E-state index contributed by atoms with van der Waals surface area (Å²) in [5, 5.41) is 3.55. The molecule has 0 aliphatic carbocycles. The summed E-state index contributed by atoms with van der Waals surface area (Å²) in [6.07, 6.45) is 3.35. The highest BCUT2D eigenvalue weighted by atomic mass is 16.1. The van der Waals surface area contributed by atoms with E-state index < -0.39 is 0 Å². The topological polar surface area (TPSA) is 54.4 Å². The van der Waals surface area contributed by atoms with Gasteiger partial charge in [-0.25, -0.2) is 4.98 Å². The minimum absolute atomic E-state index is 0.593. The zero-order chi connectivity index (χ0) is 7.94. The Kier molecular flexibility index (Phi) is 2.80. The number of hydrogen-bond acceptors (Lipinski definition) is 4. The molecule has 1 aromatic rings. The minimum Gasteiger partial charge on any atom is -0.297 e. The lowest BCUT2D eigenvalue weighted by Crippen LogP contribution is -1.91. The molecule has 0 saturated heterocycles. The molecule has 1 rings (SSSR count). The number of carbonyl (C=O) groups is 1. The first-order chi connectivity index (χ1) is 5.43. The van der Waals surface area contributed by atoms with Gasteiger partial charge in [0.05, 0.1) is 6.21 Å². The van der Waals surface area contributed by atoms with Gasteiger partial charge in [-0.3, -0.25) is 10.2 Å². The Hall–Kier alpha value is -1.71. The van der Waals surface area contributed by atoms with Gasteiger partial charge in [0.2, 0.25) is 0 Å². The fourth-order valence-corrected chi connectivity index (χ4v) is 0.563. The number of nitrogens with one attached hydrogen (secondary N) is 1. The van der Waals surface area contributed by atoms with Gasteiger partial charge in [0.25, 0.3) is 0 Å². The Bertz CT molecular complexity index is 245. The number of carbonyl (C=O) groups excluding carboxylic acids is 1. The lowest BCUT2D eigenvalue weighted by Gasteiger charge is -1.94. The summed E-state index contributed by atoms with van der Waals surface area (Å²) < 4.78 is 0. The molecule has 1 heterocycles. The van der Waals surface area contributed by atoms with Crippen molar-refractivity contribution >= 4 is 18.3 Å². The molecule has 0 spiro atoms. The largest absolute Gasteiger partial charge is 0.297 e. The van der Waals surface area contributed by atoms with Crippen LogP contribution < -0.4 is 5.43 Å². The molecule has 0 saturated carbocycles. The quantitative estimate of drug-likeness (QED) is 0.390. The van der Waals surface area contributed by atoms with Gasteiger partial charge >= 0.3 is 0 Å². The van der Waals surface area contributed by atoms with Gasteiger partial charge < -0.3 is 0 Å². The first-order valence-electron chi connectivity index (χ1n) is 3.07. The second-order valence-corrected chi connectivity index (χ2v) is 1.74. The second-order valence-electron chi connectivity index (χ2n) is 1.74. The van der Waals surface area contributed by atoms with E-state index in [1.807, 2.05) is 6.07 Å². The third-order valence-electron chi connectivity index (χ3n) is 0.979. The number of aromatic nitrogens is 1. The van der Waals surface area contributed by atoms with E-state index >= 15 is 0 Å². The summed E-state index contributed by atoms with van der Waals surface area (Å²) >= 11 is 0. The summed E-state index contributed by atoms with van der Waals surface area (Å²) in [5.74, 6) is 0.616. The van der Waals surface area contributed by atoms with E-state index in [-0.39, 0.29) is 0 Å². The Morgan fingerprint density at radius 3 is 3.09 bits per heavy atom. The highest BCUT2D eigenvalue weighted by Crippen LogP contribution is 1.97. The molecular weight excluding hydrogens is 142 g/mol. The lowest BCUT2D eigenvalue weighted by atomic mass is 10.5. The number of nitrogens with zero attached hydrogens (tertiary/aromatic N) is 2. The van der Waals surface area contributed by atoms with Crippen LogP contribution in [-0.4, -0.2) is 17.5 Å². The van der Waals surface area contributed by atoms with Crippen molar-refractivity contribution in [2.45, 2.75) is 0 Å². The molecule has 0 radical (unpaired) electrons. The average molecular weight is 149 g/mol. The van der Waals surface area contributed by atoms with Gasteiger partial charge in [0.1, 0.15) is 5.82 Å². The molecular formula is C7H7N3O. The van der Waals surface area contributed by atoms with Gasteiger partial charge in [-0.05, 0) is 12.1 Å². The Morgan fingerprint density at radius 1 is 1.55 bits per heavy atom. The van der Waals surface area contributed by atoms with Gasteiger partial charge in [-0.1, -0.05) is 6.07 Å². The highest BCUT2D eigenvalue weighted by Gasteiger charge is 1.83. The number of rotatable bonds is 3. The first-order valence-corrected chi connectivity index (χ1v) is 3.07. The van der Waals surface area contributed by atoms with Gasteiger partial charge in [-0.2, -0.15) is 5.10 Å². The number of hydrogen-bond donors (Lipinski definition) is 1. The van der Waals surface area contributed by atoms with Crippen LogP contribution in [0, 0.1) is 0 Å². The van der Waals surface area contributed by atoms with Crippen LogP contribution >= 0.6 is 0 Å². The zero-order valence-electron chi connectivity index (χ0n) is 5.77. The van der Waals surface area contributed by atoms with E-state index in [1.54, 1.807) is 18.3 Å². The number of anilines is 1. The molecule has 0 aliphatic heterocycles. The van der Waals surface area contributed by atoms with E-state index in [0.717, 1.165) is 6.21 Å². The Balaban J connectivity index is 2.51. The zero-order valence-corrected chi connectivity index (χ0v) is 5.77. The van der Waals surface area contributed by atoms with Crippen molar-refractivity contribution in [1.82, 2.24) is 4.98 Å². The number of aldehydes is 1. The summed E-state index contributed by atoms with van der Waals surface area (Å²) in [6.45, 7) is 0. The second kappa shape index (κ2) is 4.16. The van der Waals surface area contributed by atoms with Crippen LogP contribution in [0.2, 0.25) is 0 Å². The van der Waals surface area contributed by atoms with Gasteiger partial charge in [-0.15, -0.1) is 0 Å². The third-order valence-corrected chi connectivity index (χ3v) is 0.979. The molecule has 56 valence electrons. The highest BCUT2D eigenvalue weighted by molar-refractivity contribution is 6.13. The minimum atomic E-state index is 0.593. The third kappa shape index (κ3) is 2.57. The summed E-state index contributed by atoms with van der Waals surface area (Å²) in [6, 6.07) is 5.38.